The molecular formula is C12H16N2O3. The highest BCUT2D eigenvalue weighted by Crippen LogP contribution is 2.13. The molecule has 1 aliphatic rings. The summed E-state index contributed by atoms with van der Waals surface area (Å²) in [5.41, 5.74) is 0.555. The maximum absolute atomic E-state index is 12.1. The zero-order valence-electron chi connectivity index (χ0n) is 9.81. The molecule has 1 aliphatic heterocycles. The summed E-state index contributed by atoms with van der Waals surface area (Å²) in [4.78, 5) is 16.1. The molecule has 1 aromatic rings. The van der Waals surface area contributed by atoms with Crippen molar-refractivity contribution in [2.75, 3.05) is 26.4 Å². The summed E-state index contributed by atoms with van der Waals surface area (Å²) < 4.78 is 10.6. The SMILES string of the molecule is CCOc1cncc(C(=O)C2COCCN2)c1. The Labute approximate surface area is 100 Å². The Morgan fingerprint density at radius 2 is 2.53 bits per heavy atom. The van der Waals surface area contributed by atoms with E-state index in [-0.39, 0.29) is 11.8 Å². The standard InChI is InChI=1S/C12H16N2O3/c1-2-17-10-5-9(6-13-7-10)12(15)11-8-16-4-3-14-11/h5-7,11,14H,2-4,8H2,1H3. The van der Waals surface area contributed by atoms with Crippen LogP contribution in [0.25, 0.3) is 0 Å². The zero-order chi connectivity index (χ0) is 12.1. The Morgan fingerprint density at radius 3 is 3.24 bits per heavy atom. The van der Waals surface area contributed by atoms with E-state index >= 15 is 0 Å². The molecule has 1 aromatic heterocycles. The number of morpholine rings is 1. The van der Waals surface area contributed by atoms with Gasteiger partial charge in [0.1, 0.15) is 5.75 Å². The number of hydrogen-bond donors (Lipinski definition) is 1. The third-order valence-electron chi connectivity index (χ3n) is 2.55. The molecule has 0 saturated carbocycles. The maximum Gasteiger partial charge on any atom is 0.183 e. The summed E-state index contributed by atoms with van der Waals surface area (Å²) in [7, 11) is 0. The van der Waals surface area contributed by atoms with E-state index in [1.54, 1.807) is 18.5 Å². The minimum atomic E-state index is -0.276. The molecule has 0 aliphatic carbocycles. The predicted molar refractivity (Wildman–Crippen MR) is 62.3 cm³/mol. The molecule has 0 amide bonds. The van der Waals surface area contributed by atoms with Crippen LogP contribution in [-0.2, 0) is 4.74 Å². The van der Waals surface area contributed by atoms with Crippen molar-refractivity contribution in [3.05, 3.63) is 24.0 Å². The summed E-state index contributed by atoms with van der Waals surface area (Å²) in [6.45, 7) is 4.23. The topological polar surface area (TPSA) is 60.5 Å². The van der Waals surface area contributed by atoms with Gasteiger partial charge in [0.05, 0.1) is 32.1 Å². The van der Waals surface area contributed by atoms with Crippen LogP contribution in [0, 0.1) is 0 Å². The van der Waals surface area contributed by atoms with Crippen LogP contribution in [0.4, 0.5) is 0 Å². The number of Topliss-reactive ketones (excluding diaryl/α,β-unsaturated/α-hetero) is 1. The number of hydrogen-bond acceptors (Lipinski definition) is 5. The smallest absolute Gasteiger partial charge is 0.183 e. The largest absolute Gasteiger partial charge is 0.492 e. The van der Waals surface area contributed by atoms with Crippen LogP contribution in [0.3, 0.4) is 0 Å². The zero-order valence-corrected chi connectivity index (χ0v) is 9.81. The van der Waals surface area contributed by atoms with Gasteiger partial charge in [0.15, 0.2) is 5.78 Å². The molecule has 92 valence electrons. The molecule has 17 heavy (non-hydrogen) atoms. The van der Waals surface area contributed by atoms with Crippen LogP contribution in [0.1, 0.15) is 17.3 Å². The summed E-state index contributed by atoms with van der Waals surface area (Å²) >= 11 is 0. The molecule has 5 nitrogen and oxygen atoms in total. The number of carbonyl (C=O) groups is 1. The van der Waals surface area contributed by atoms with Gasteiger partial charge in [-0.3, -0.25) is 9.78 Å². The first kappa shape index (κ1) is 12.0. The highest BCUT2D eigenvalue weighted by atomic mass is 16.5. The van der Waals surface area contributed by atoms with E-state index in [0.717, 1.165) is 0 Å². The molecule has 1 unspecified atom stereocenters. The van der Waals surface area contributed by atoms with Crippen LogP contribution in [-0.4, -0.2) is 43.2 Å². The lowest BCUT2D eigenvalue weighted by atomic mass is 10.1. The monoisotopic (exact) mass is 236 g/mol. The Morgan fingerprint density at radius 1 is 1.65 bits per heavy atom. The van der Waals surface area contributed by atoms with Crippen molar-refractivity contribution in [3.8, 4) is 5.75 Å². The van der Waals surface area contributed by atoms with E-state index in [4.69, 9.17) is 9.47 Å². The van der Waals surface area contributed by atoms with Crippen molar-refractivity contribution in [2.45, 2.75) is 13.0 Å². The maximum atomic E-state index is 12.1. The summed E-state index contributed by atoms with van der Waals surface area (Å²) in [5, 5.41) is 3.13. The average Bonchev–Trinajstić information content (AvgIpc) is 2.40. The fourth-order valence-electron chi connectivity index (χ4n) is 1.73. The number of ketones is 1. The molecule has 0 aromatic carbocycles. The minimum absolute atomic E-state index is 0.00115. The second-order valence-corrected chi connectivity index (χ2v) is 3.79. The van der Waals surface area contributed by atoms with Crippen LogP contribution in [0.2, 0.25) is 0 Å². The number of ether oxygens (including phenoxy) is 2. The molecule has 5 heteroatoms. The van der Waals surface area contributed by atoms with Crippen molar-refractivity contribution in [1.29, 1.82) is 0 Å². The molecule has 0 bridgehead atoms. The van der Waals surface area contributed by atoms with E-state index in [0.29, 0.717) is 37.7 Å². The van der Waals surface area contributed by atoms with Gasteiger partial charge in [-0.05, 0) is 13.0 Å². The van der Waals surface area contributed by atoms with Crippen LogP contribution in [0.5, 0.6) is 5.75 Å². The number of carbonyl (C=O) groups excluding carboxylic acids is 1. The van der Waals surface area contributed by atoms with E-state index < -0.39 is 0 Å². The van der Waals surface area contributed by atoms with E-state index in [2.05, 4.69) is 10.3 Å². The Bertz CT molecular complexity index is 389. The van der Waals surface area contributed by atoms with Crippen LogP contribution >= 0.6 is 0 Å². The summed E-state index contributed by atoms with van der Waals surface area (Å²) in [6, 6.07) is 1.44. The molecule has 1 saturated heterocycles. The molecule has 2 heterocycles. The molecule has 0 spiro atoms. The van der Waals surface area contributed by atoms with Gasteiger partial charge in [0, 0.05) is 18.3 Å². The quantitative estimate of drug-likeness (QED) is 0.778. The molecule has 2 rings (SSSR count). The van der Waals surface area contributed by atoms with Gasteiger partial charge in [-0.25, -0.2) is 0 Å². The van der Waals surface area contributed by atoms with Gasteiger partial charge < -0.3 is 14.8 Å². The molecule has 1 fully saturated rings. The summed E-state index contributed by atoms with van der Waals surface area (Å²) in [6.07, 6.45) is 3.16. The first-order valence-corrected chi connectivity index (χ1v) is 5.74. The lowest BCUT2D eigenvalue weighted by Crippen LogP contribution is -2.46. The third-order valence-corrected chi connectivity index (χ3v) is 2.55. The third kappa shape index (κ3) is 3.01. The number of nitrogens with one attached hydrogen (secondary N) is 1. The van der Waals surface area contributed by atoms with Crippen molar-refractivity contribution < 1.29 is 14.3 Å². The highest BCUT2D eigenvalue weighted by molar-refractivity contribution is 6.00. The lowest BCUT2D eigenvalue weighted by molar-refractivity contribution is 0.0607. The van der Waals surface area contributed by atoms with Gasteiger partial charge in [-0.2, -0.15) is 0 Å². The summed E-state index contributed by atoms with van der Waals surface area (Å²) in [5.74, 6) is 0.619. The normalized spacial score (nSPS) is 19.9. The minimum Gasteiger partial charge on any atom is -0.492 e. The first-order valence-electron chi connectivity index (χ1n) is 5.74. The van der Waals surface area contributed by atoms with Crippen molar-refractivity contribution in [3.63, 3.8) is 0 Å². The molecule has 1 N–H and O–H groups in total. The lowest BCUT2D eigenvalue weighted by Gasteiger charge is -2.22. The first-order chi connectivity index (χ1) is 8.31. The predicted octanol–water partition coefficient (Wildman–Crippen LogP) is 0.651. The fourth-order valence-corrected chi connectivity index (χ4v) is 1.73. The van der Waals surface area contributed by atoms with E-state index in [1.165, 1.54) is 0 Å². The van der Waals surface area contributed by atoms with Gasteiger partial charge in [-0.15, -0.1) is 0 Å². The Kier molecular flexibility index (Phi) is 4.06. The molecule has 0 radical (unpaired) electrons. The van der Waals surface area contributed by atoms with Crippen molar-refractivity contribution in [1.82, 2.24) is 10.3 Å². The second kappa shape index (κ2) is 5.75. The number of aromatic nitrogens is 1. The van der Waals surface area contributed by atoms with Gasteiger partial charge in [-0.1, -0.05) is 0 Å². The van der Waals surface area contributed by atoms with E-state index in [1.807, 2.05) is 6.92 Å². The Hall–Kier alpha value is -1.46. The van der Waals surface area contributed by atoms with Gasteiger partial charge in [0.2, 0.25) is 0 Å². The van der Waals surface area contributed by atoms with E-state index in [9.17, 15) is 4.79 Å². The Balaban J connectivity index is 2.09. The van der Waals surface area contributed by atoms with Gasteiger partial charge in [0.25, 0.3) is 0 Å². The van der Waals surface area contributed by atoms with Crippen LogP contribution < -0.4 is 10.1 Å². The van der Waals surface area contributed by atoms with Crippen LogP contribution in [0.15, 0.2) is 18.5 Å². The van der Waals surface area contributed by atoms with Crippen molar-refractivity contribution in [2.24, 2.45) is 0 Å². The second-order valence-electron chi connectivity index (χ2n) is 3.79. The van der Waals surface area contributed by atoms with Gasteiger partial charge >= 0.3 is 0 Å². The number of rotatable bonds is 4. The molecule has 1 atom stereocenters. The number of pyridine rings is 1. The molecular weight excluding hydrogens is 220 g/mol. The fraction of sp³-hybridized carbons (Fsp3) is 0.500. The van der Waals surface area contributed by atoms with Crippen molar-refractivity contribution >= 4 is 5.78 Å². The highest BCUT2D eigenvalue weighted by Gasteiger charge is 2.22. The number of nitrogens with zero attached hydrogens (tertiary/aromatic N) is 1. The average molecular weight is 236 g/mol.